The third-order valence-electron chi connectivity index (χ3n) is 2.26. The van der Waals surface area contributed by atoms with Gasteiger partial charge in [-0.3, -0.25) is 4.72 Å². The maximum atomic E-state index is 3.43. The Morgan fingerprint density at radius 1 is 1.33 bits per heavy atom. The van der Waals surface area contributed by atoms with Crippen LogP contribution in [0.15, 0.2) is 23.1 Å². The zero-order valence-corrected chi connectivity index (χ0v) is 10.4. The fourth-order valence-corrected chi connectivity index (χ4v) is 2.32. The van der Waals surface area contributed by atoms with E-state index in [4.69, 9.17) is 0 Å². The Morgan fingerprint density at radius 3 is 2.87 bits per heavy atom. The lowest BCUT2D eigenvalue weighted by atomic mass is 10.1. The molecule has 0 unspecified atom stereocenters. The van der Waals surface area contributed by atoms with Crippen LogP contribution in [0.2, 0.25) is 0 Å². The first-order valence-corrected chi connectivity index (χ1v) is 6.17. The molecule has 0 radical (unpaired) electrons. The summed E-state index contributed by atoms with van der Waals surface area (Å²) in [7, 11) is 0. The molecule has 0 atom stereocenters. The molecule has 1 aromatic rings. The van der Waals surface area contributed by atoms with Crippen molar-refractivity contribution in [3.8, 4) is 0 Å². The van der Waals surface area contributed by atoms with E-state index in [1.165, 1.54) is 16.1 Å². The highest BCUT2D eigenvalue weighted by Gasteiger charge is 2.12. The summed E-state index contributed by atoms with van der Waals surface area (Å²) in [6.45, 7) is 7.61. The standard InChI is InChI=1S/C12H18N2S/c1-12(2,3)14-15-10-4-5-11-9(8-10)6-7-13-11/h4-5,8,13-14H,6-7H2,1-3H3. The van der Waals surface area contributed by atoms with Gasteiger partial charge in [0, 0.05) is 22.7 Å². The van der Waals surface area contributed by atoms with Gasteiger partial charge in [0.15, 0.2) is 0 Å². The summed E-state index contributed by atoms with van der Waals surface area (Å²) in [6.07, 6.45) is 1.15. The second kappa shape index (κ2) is 4.06. The van der Waals surface area contributed by atoms with Gasteiger partial charge < -0.3 is 5.32 Å². The Hall–Kier alpha value is -0.670. The molecule has 2 nitrogen and oxygen atoms in total. The zero-order valence-electron chi connectivity index (χ0n) is 9.55. The van der Waals surface area contributed by atoms with E-state index in [0.29, 0.717) is 0 Å². The van der Waals surface area contributed by atoms with Crippen molar-refractivity contribution >= 4 is 17.6 Å². The molecule has 2 N–H and O–H groups in total. The third kappa shape index (κ3) is 2.89. The van der Waals surface area contributed by atoms with Gasteiger partial charge in [-0.1, -0.05) is 0 Å². The van der Waals surface area contributed by atoms with Crippen molar-refractivity contribution in [2.45, 2.75) is 37.6 Å². The Balaban J connectivity index is 2.04. The van der Waals surface area contributed by atoms with Crippen LogP contribution in [0.3, 0.4) is 0 Å². The van der Waals surface area contributed by atoms with Crippen LogP contribution in [0.5, 0.6) is 0 Å². The van der Waals surface area contributed by atoms with Gasteiger partial charge in [0.1, 0.15) is 0 Å². The smallest absolute Gasteiger partial charge is 0.0374 e. The minimum atomic E-state index is 0.155. The van der Waals surface area contributed by atoms with Crippen molar-refractivity contribution < 1.29 is 0 Å². The van der Waals surface area contributed by atoms with Crippen LogP contribution in [0.25, 0.3) is 0 Å². The molecule has 0 aromatic heterocycles. The fraction of sp³-hybridized carbons (Fsp3) is 0.500. The van der Waals surface area contributed by atoms with Crippen LogP contribution in [0.1, 0.15) is 26.3 Å². The van der Waals surface area contributed by atoms with E-state index in [2.05, 4.69) is 49.0 Å². The van der Waals surface area contributed by atoms with Gasteiger partial charge >= 0.3 is 0 Å². The first-order valence-electron chi connectivity index (χ1n) is 5.35. The van der Waals surface area contributed by atoms with Crippen LogP contribution >= 0.6 is 11.9 Å². The Bertz CT molecular complexity index is 355. The molecule has 15 heavy (non-hydrogen) atoms. The zero-order chi connectivity index (χ0) is 10.9. The molecular formula is C12H18N2S. The van der Waals surface area contributed by atoms with Crippen LogP contribution in [0.4, 0.5) is 5.69 Å². The quantitative estimate of drug-likeness (QED) is 0.752. The number of rotatable bonds is 2. The van der Waals surface area contributed by atoms with Crippen LogP contribution in [0, 0.1) is 0 Å². The Morgan fingerprint density at radius 2 is 2.13 bits per heavy atom. The maximum absolute atomic E-state index is 3.43. The normalized spacial score (nSPS) is 14.9. The summed E-state index contributed by atoms with van der Waals surface area (Å²) in [5, 5.41) is 3.37. The summed E-state index contributed by atoms with van der Waals surface area (Å²) >= 11 is 1.72. The lowest BCUT2D eigenvalue weighted by Gasteiger charge is -2.19. The molecule has 3 heteroatoms. The topological polar surface area (TPSA) is 24.1 Å². The molecule has 0 bridgehead atoms. The van der Waals surface area contributed by atoms with Crippen LogP contribution in [-0.4, -0.2) is 12.1 Å². The summed E-state index contributed by atoms with van der Waals surface area (Å²) in [5.41, 5.74) is 2.90. The van der Waals surface area contributed by atoms with E-state index in [-0.39, 0.29) is 5.54 Å². The fourth-order valence-electron chi connectivity index (χ4n) is 1.56. The van der Waals surface area contributed by atoms with E-state index in [1.54, 1.807) is 11.9 Å². The van der Waals surface area contributed by atoms with Crippen molar-refractivity contribution in [1.29, 1.82) is 0 Å². The summed E-state index contributed by atoms with van der Waals surface area (Å²) in [6, 6.07) is 6.62. The van der Waals surface area contributed by atoms with Gasteiger partial charge in [0.2, 0.25) is 0 Å². The second-order valence-corrected chi connectivity index (χ2v) is 5.83. The van der Waals surface area contributed by atoms with E-state index < -0.39 is 0 Å². The summed E-state index contributed by atoms with van der Waals surface area (Å²) in [4.78, 5) is 1.30. The van der Waals surface area contributed by atoms with Gasteiger partial charge in [-0.2, -0.15) is 0 Å². The minimum Gasteiger partial charge on any atom is -0.384 e. The number of anilines is 1. The Kier molecular flexibility index (Phi) is 2.94. The van der Waals surface area contributed by atoms with Crippen molar-refractivity contribution in [3.63, 3.8) is 0 Å². The van der Waals surface area contributed by atoms with Gasteiger partial charge in [-0.05, 0) is 62.9 Å². The monoisotopic (exact) mass is 222 g/mol. The van der Waals surface area contributed by atoms with Crippen molar-refractivity contribution in [1.82, 2.24) is 4.72 Å². The van der Waals surface area contributed by atoms with Gasteiger partial charge in [-0.15, -0.1) is 0 Å². The molecule has 1 aliphatic heterocycles. The van der Waals surface area contributed by atoms with Gasteiger partial charge in [-0.25, -0.2) is 0 Å². The molecule has 0 spiro atoms. The van der Waals surface area contributed by atoms with Gasteiger partial charge in [0.25, 0.3) is 0 Å². The molecule has 1 aliphatic rings. The van der Waals surface area contributed by atoms with Crippen molar-refractivity contribution in [2.24, 2.45) is 0 Å². The van der Waals surface area contributed by atoms with E-state index in [9.17, 15) is 0 Å². The number of nitrogens with one attached hydrogen (secondary N) is 2. The molecule has 0 saturated carbocycles. The SMILES string of the molecule is CC(C)(C)NSc1ccc2c(c1)CCN2. The van der Waals surface area contributed by atoms with Crippen molar-refractivity contribution in [2.75, 3.05) is 11.9 Å². The summed E-state index contributed by atoms with van der Waals surface area (Å²) in [5.74, 6) is 0. The molecule has 0 saturated heterocycles. The average molecular weight is 222 g/mol. The van der Waals surface area contributed by atoms with Crippen LogP contribution in [-0.2, 0) is 6.42 Å². The molecule has 0 amide bonds. The number of benzene rings is 1. The highest BCUT2D eigenvalue weighted by Crippen LogP contribution is 2.27. The first-order chi connectivity index (χ1) is 7.04. The maximum Gasteiger partial charge on any atom is 0.0374 e. The van der Waals surface area contributed by atoms with Crippen LogP contribution < -0.4 is 10.0 Å². The molecule has 2 rings (SSSR count). The lowest BCUT2D eigenvalue weighted by molar-refractivity contribution is 0.535. The average Bonchev–Trinajstić information content (AvgIpc) is 2.60. The minimum absolute atomic E-state index is 0.155. The highest BCUT2D eigenvalue weighted by molar-refractivity contribution is 7.97. The molecular weight excluding hydrogens is 204 g/mol. The molecule has 0 fully saturated rings. The number of hydrogen-bond donors (Lipinski definition) is 2. The lowest BCUT2D eigenvalue weighted by Crippen LogP contribution is -2.29. The second-order valence-electron chi connectivity index (χ2n) is 4.95. The van der Waals surface area contributed by atoms with E-state index in [1.807, 2.05) is 0 Å². The predicted octanol–water partition coefficient (Wildman–Crippen LogP) is 3.05. The number of hydrogen-bond acceptors (Lipinski definition) is 3. The third-order valence-corrected chi connectivity index (χ3v) is 3.47. The molecule has 0 aliphatic carbocycles. The predicted molar refractivity (Wildman–Crippen MR) is 67.4 cm³/mol. The van der Waals surface area contributed by atoms with Gasteiger partial charge in [0.05, 0.1) is 0 Å². The molecule has 82 valence electrons. The van der Waals surface area contributed by atoms with Crippen molar-refractivity contribution in [3.05, 3.63) is 23.8 Å². The first kappa shape index (κ1) is 10.8. The van der Waals surface area contributed by atoms with E-state index in [0.717, 1.165) is 13.0 Å². The number of fused-ring (bicyclic) bond motifs is 1. The largest absolute Gasteiger partial charge is 0.384 e. The highest BCUT2D eigenvalue weighted by atomic mass is 32.2. The Labute approximate surface area is 96.0 Å². The van der Waals surface area contributed by atoms with E-state index >= 15 is 0 Å². The molecule has 1 heterocycles. The molecule has 1 aromatic carbocycles. The summed E-state index contributed by atoms with van der Waals surface area (Å²) < 4.78 is 3.43.